The molecule has 0 aromatic heterocycles. The van der Waals surface area contributed by atoms with Crippen molar-refractivity contribution in [2.45, 2.75) is 36.6 Å². The summed E-state index contributed by atoms with van der Waals surface area (Å²) in [6.45, 7) is 1.87. The summed E-state index contributed by atoms with van der Waals surface area (Å²) in [6.07, 6.45) is 2.12. The number of halogens is 2. The van der Waals surface area contributed by atoms with Gasteiger partial charge in [-0.15, -0.1) is 11.8 Å². The smallest absolute Gasteiger partial charge is 0.136 e. The van der Waals surface area contributed by atoms with Crippen LogP contribution in [0.5, 0.6) is 0 Å². The molecule has 0 bridgehead atoms. The first kappa shape index (κ1) is 15.4. The van der Waals surface area contributed by atoms with E-state index in [0.29, 0.717) is 23.5 Å². The summed E-state index contributed by atoms with van der Waals surface area (Å²) in [6, 6.07) is 3.43. The standard InChI is InChI=1S/C13H19F2NOS/c1-2-13(16,9-17)6-3-7-18-12-8-10(14)4-5-11(12)15/h4-5,8,17H,2-3,6-7,9,16H2,1H3. The van der Waals surface area contributed by atoms with Gasteiger partial charge >= 0.3 is 0 Å². The van der Waals surface area contributed by atoms with E-state index in [1.807, 2.05) is 6.92 Å². The second-order valence-electron chi connectivity index (χ2n) is 4.40. The van der Waals surface area contributed by atoms with Crippen LogP contribution in [0.3, 0.4) is 0 Å². The summed E-state index contributed by atoms with van der Waals surface area (Å²) >= 11 is 1.27. The normalized spacial score (nSPS) is 14.5. The van der Waals surface area contributed by atoms with Crippen LogP contribution in [0.4, 0.5) is 8.78 Å². The molecular formula is C13H19F2NOS. The molecule has 3 N–H and O–H groups in total. The molecule has 0 saturated carbocycles. The van der Waals surface area contributed by atoms with Gasteiger partial charge in [-0.1, -0.05) is 6.92 Å². The van der Waals surface area contributed by atoms with E-state index in [2.05, 4.69) is 0 Å². The van der Waals surface area contributed by atoms with Crippen molar-refractivity contribution in [1.82, 2.24) is 0 Å². The van der Waals surface area contributed by atoms with Crippen LogP contribution < -0.4 is 5.73 Å². The molecule has 102 valence electrons. The van der Waals surface area contributed by atoms with Gasteiger partial charge in [0.25, 0.3) is 0 Å². The molecule has 1 unspecified atom stereocenters. The Kier molecular flexibility index (Phi) is 6.05. The van der Waals surface area contributed by atoms with Crippen molar-refractivity contribution >= 4 is 11.8 Å². The van der Waals surface area contributed by atoms with Gasteiger partial charge in [0.1, 0.15) is 11.6 Å². The largest absolute Gasteiger partial charge is 0.394 e. The van der Waals surface area contributed by atoms with E-state index in [0.717, 1.165) is 18.6 Å². The molecule has 0 saturated heterocycles. The second kappa shape index (κ2) is 7.07. The second-order valence-corrected chi connectivity index (χ2v) is 5.54. The Morgan fingerprint density at radius 2 is 2.11 bits per heavy atom. The quantitative estimate of drug-likeness (QED) is 0.594. The number of hydrogen-bond donors (Lipinski definition) is 2. The van der Waals surface area contributed by atoms with Gasteiger partial charge in [-0.3, -0.25) is 0 Å². The van der Waals surface area contributed by atoms with E-state index in [1.165, 1.54) is 17.8 Å². The van der Waals surface area contributed by atoms with Crippen molar-refractivity contribution in [2.75, 3.05) is 12.4 Å². The van der Waals surface area contributed by atoms with E-state index in [-0.39, 0.29) is 6.61 Å². The lowest BCUT2D eigenvalue weighted by Crippen LogP contribution is -2.42. The molecule has 0 aliphatic carbocycles. The average molecular weight is 275 g/mol. The molecule has 0 fully saturated rings. The maximum Gasteiger partial charge on any atom is 0.136 e. The third-order valence-electron chi connectivity index (χ3n) is 2.99. The Bertz CT molecular complexity index is 383. The van der Waals surface area contributed by atoms with E-state index in [9.17, 15) is 8.78 Å². The Labute approximate surface area is 111 Å². The van der Waals surface area contributed by atoms with Gasteiger partial charge in [0.15, 0.2) is 0 Å². The van der Waals surface area contributed by atoms with Crippen LogP contribution in [0.1, 0.15) is 26.2 Å². The van der Waals surface area contributed by atoms with Crippen LogP contribution in [0.25, 0.3) is 0 Å². The van der Waals surface area contributed by atoms with Crippen molar-refractivity contribution in [3.05, 3.63) is 29.8 Å². The SMILES string of the molecule is CCC(N)(CO)CCCSc1cc(F)ccc1F. The van der Waals surface area contributed by atoms with Crippen molar-refractivity contribution < 1.29 is 13.9 Å². The van der Waals surface area contributed by atoms with Gasteiger partial charge in [0, 0.05) is 10.4 Å². The number of aliphatic hydroxyl groups is 1. The third-order valence-corrected chi connectivity index (χ3v) is 4.11. The molecule has 0 aliphatic rings. The highest BCUT2D eigenvalue weighted by molar-refractivity contribution is 7.99. The maximum atomic E-state index is 13.3. The van der Waals surface area contributed by atoms with Crippen molar-refractivity contribution in [2.24, 2.45) is 5.73 Å². The van der Waals surface area contributed by atoms with Gasteiger partial charge in [-0.05, 0) is 43.2 Å². The predicted molar refractivity (Wildman–Crippen MR) is 70.6 cm³/mol. The molecule has 0 aliphatic heterocycles. The number of hydrogen-bond acceptors (Lipinski definition) is 3. The molecule has 1 aromatic carbocycles. The first-order valence-corrected chi connectivity index (χ1v) is 6.97. The van der Waals surface area contributed by atoms with Crippen molar-refractivity contribution in [1.29, 1.82) is 0 Å². The van der Waals surface area contributed by atoms with Crippen LogP contribution in [0, 0.1) is 11.6 Å². The molecule has 1 aromatic rings. The number of aliphatic hydroxyl groups excluding tert-OH is 1. The van der Waals surface area contributed by atoms with Crippen LogP contribution in [0.15, 0.2) is 23.1 Å². The summed E-state index contributed by atoms with van der Waals surface area (Å²) < 4.78 is 26.2. The van der Waals surface area contributed by atoms with Gasteiger partial charge < -0.3 is 10.8 Å². The highest BCUT2D eigenvalue weighted by Crippen LogP contribution is 2.25. The van der Waals surface area contributed by atoms with Crippen molar-refractivity contribution in [3.63, 3.8) is 0 Å². The summed E-state index contributed by atoms with van der Waals surface area (Å²) in [7, 11) is 0. The molecule has 0 spiro atoms. The van der Waals surface area contributed by atoms with Gasteiger partial charge in [-0.25, -0.2) is 8.78 Å². The summed E-state index contributed by atoms with van der Waals surface area (Å²) in [5.74, 6) is -0.187. The Hall–Kier alpha value is -0.650. The zero-order valence-corrected chi connectivity index (χ0v) is 11.3. The molecule has 0 amide bonds. The zero-order valence-electron chi connectivity index (χ0n) is 10.5. The molecule has 1 atom stereocenters. The summed E-state index contributed by atoms with van der Waals surface area (Å²) in [5.41, 5.74) is 5.38. The molecule has 5 heteroatoms. The Morgan fingerprint density at radius 3 is 2.72 bits per heavy atom. The molecular weight excluding hydrogens is 256 g/mol. The first-order valence-electron chi connectivity index (χ1n) is 5.98. The zero-order chi connectivity index (χ0) is 13.6. The van der Waals surface area contributed by atoms with Crippen molar-refractivity contribution in [3.8, 4) is 0 Å². The Balaban J connectivity index is 2.40. The molecule has 2 nitrogen and oxygen atoms in total. The third kappa shape index (κ3) is 4.55. The van der Waals surface area contributed by atoms with E-state index in [1.54, 1.807) is 0 Å². The minimum Gasteiger partial charge on any atom is -0.394 e. The lowest BCUT2D eigenvalue weighted by atomic mass is 9.93. The van der Waals surface area contributed by atoms with E-state index >= 15 is 0 Å². The molecule has 18 heavy (non-hydrogen) atoms. The highest BCUT2D eigenvalue weighted by Gasteiger charge is 2.20. The van der Waals surface area contributed by atoms with Crippen LogP contribution in [-0.4, -0.2) is 23.0 Å². The van der Waals surface area contributed by atoms with Crippen LogP contribution in [-0.2, 0) is 0 Å². The molecule has 1 rings (SSSR count). The van der Waals surface area contributed by atoms with E-state index < -0.39 is 17.2 Å². The predicted octanol–water partition coefficient (Wildman–Crippen LogP) is 2.94. The van der Waals surface area contributed by atoms with Gasteiger partial charge in [-0.2, -0.15) is 0 Å². The maximum absolute atomic E-state index is 13.3. The summed E-state index contributed by atoms with van der Waals surface area (Å²) in [4.78, 5) is 0.318. The van der Waals surface area contributed by atoms with E-state index in [4.69, 9.17) is 10.8 Å². The lowest BCUT2D eigenvalue weighted by molar-refractivity contribution is 0.182. The fourth-order valence-corrected chi connectivity index (χ4v) is 2.47. The minimum absolute atomic E-state index is 0.0531. The monoisotopic (exact) mass is 275 g/mol. The number of nitrogens with two attached hydrogens (primary N) is 1. The Morgan fingerprint density at radius 1 is 1.39 bits per heavy atom. The van der Waals surface area contributed by atoms with Gasteiger partial charge in [0.2, 0.25) is 0 Å². The van der Waals surface area contributed by atoms with Crippen LogP contribution >= 0.6 is 11.8 Å². The fraction of sp³-hybridized carbons (Fsp3) is 0.538. The first-order chi connectivity index (χ1) is 8.50. The number of rotatable bonds is 7. The summed E-state index contributed by atoms with van der Waals surface area (Å²) in [5, 5.41) is 9.14. The fourth-order valence-electron chi connectivity index (χ4n) is 1.56. The number of benzene rings is 1. The lowest BCUT2D eigenvalue weighted by Gasteiger charge is -2.25. The average Bonchev–Trinajstić information content (AvgIpc) is 2.38. The minimum atomic E-state index is -0.555. The molecule has 0 heterocycles. The van der Waals surface area contributed by atoms with Crippen LogP contribution in [0.2, 0.25) is 0 Å². The molecule has 0 radical (unpaired) electrons. The van der Waals surface area contributed by atoms with Gasteiger partial charge in [0.05, 0.1) is 6.61 Å². The topological polar surface area (TPSA) is 46.2 Å². The highest BCUT2D eigenvalue weighted by atomic mass is 32.2. The number of thioether (sulfide) groups is 1.